The van der Waals surface area contributed by atoms with Crippen LogP contribution in [0.15, 0.2) is 102 Å². The first kappa shape index (κ1) is 26.6. The van der Waals surface area contributed by atoms with Gasteiger partial charge in [-0.1, -0.05) is 48.2 Å². The highest BCUT2D eigenvalue weighted by Crippen LogP contribution is 2.31. The zero-order chi connectivity index (χ0) is 28.2. The molecule has 0 atom stereocenters. The molecule has 41 heavy (non-hydrogen) atoms. The summed E-state index contributed by atoms with van der Waals surface area (Å²) in [6, 6.07) is 24.4. The molecular formula is C31H26F2N6OS. The van der Waals surface area contributed by atoms with Gasteiger partial charge < -0.3 is 9.80 Å². The Morgan fingerprint density at radius 2 is 1.39 bits per heavy atom. The Morgan fingerprint density at radius 3 is 2.05 bits per heavy atom. The second-order valence-corrected chi connectivity index (χ2v) is 10.5. The van der Waals surface area contributed by atoms with Crippen LogP contribution in [0.3, 0.4) is 0 Å². The van der Waals surface area contributed by atoms with E-state index >= 15 is 0 Å². The molecule has 10 heteroatoms. The van der Waals surface area contributed by atoms with Crippen molar-refractivity contribution in [2.75, 3.05) is 31.1 Å². The number of rotatable bonds is 7. The summed E-state index contributed by atoms with van der Waals surface area (Å²) >= 11 is 1.44. The second-order valence-electron chi connectivity index (χ2n) is 9.55. The summed E-state index contributed by atoms with van der Waals surface area (Å²) in [5.41, 5.74) is 3.31. The fourth-order valence-electron chi connectivity index (χ4n) is 4.83. The van der Waals surface area contributed by atoms with E-state index in [2.05, 4.69) is 15.2 Å². The van der Waals surface area contributed by atoms with E-state index in [9.17, 15) is 13.6 Å². The molecule has 1 saturated heterocycles. The number of hydrogen-bond acceptors (Lipinski definition) is 6. The number of thioether (sulfide) groups is 1. The topological polar surface area (TPSA) is 67.2 Å². The van der Waals surface area contributed by atoms with Crippen molar-refractivity contribution >= 4 is 23.4 Å². The number of halogens is 2. The van der Waals surface area contributed by atoms with Crippen molar-refractivity contribution in [3.63, 3.8) is 0 Å². The normalized spacial score (nSPS) is 13.4. The Labute approximate surface area is 240 Å². The molecule has 1 amide bonds. The van der Waals surface area contributed by atoms with Crippen LogP contribution < -0.4 is 4.90 Å². The third-order valence-corrected chi connectivity index (χ3v) is 7.99. The lowest BCUT2D eigenvalue weighted by Crippen LogP contribution is -2.49. The van der Waals surface area contributed by atoms with Crippen LogP contribution in [-0.2, 0) is 5.75 Å². The van der Waals surface area contributed by atoms with Crippen molar-refractivity contribution in [3.8, 4) is 17.1 Å². The molecule has 0 spiro atoms. The second kappa shape index (κ2) is 11.9. The summed E-state index contributed by atoms with van der Waals surface area (Å²) in [7, 11) is 0. The average molecular weight is 569 g/mol. The van der Waals surface area contributed by atoms with Crippen LogP contribution in [0, 0.1) is 11.6 Å². The molecule has 0 radical (unpaired) electrons. The molecular weight excluding hydrogens is 542 g/mol. The van der Waals surface area contributed by atoms with Crippen molar-refractivity contribution in [2.24, 2.45) is 0 Å². The summed E-state index contributed by atoms with van der Waals surface area (Å²) in [4.78, 5) is 21.0. The fourth-order valence-corrected chi connectivity index (χ4v) is 5.73. The molecule has 6 rings (SSSR count). The lowest BCUT2D eigenvalue weighted by molar-refractivity contribution is 0.0746. The molecule has 3 heterocycles. The summed E-state index contributed by atoms with van der Waals surface area (Å²) in [5, 5.41) is 9.27. The van der Waals surface area contributed by atoms with Gasteiger partial charge in [0.05, 0.1) is 11.4 Å². The van der Waals surface area contributed by atoms with Gasteiger partial charge in [0.1, 0.15) is 11.6 Å². The van der Waals surface area contributed by atoms with Crippen LogP contribution >= 0.6 is 11.8 Å². The monoisotopic (exact) mass is 568 g/mol. The third-order valence-electron chi connectivity index (χ3n) is 6.99. The first-order chi connectivity index (χ1) is 20.1. The zero-order valence-corrected chi connectivity index (χ0v) is 22.8. The number of piperazine rings is 1. The van der Waals surface area contributed by atoms with E-state index in [0.29, 0.717) is 59.9 Å². The third kappa shape index (κ3) is 5.69. The number of carbonyl (C=O) groups is 1. The van der Waals surface area contributed by atoms with Gasteiger partial charge in [-0.3, -0.25) is 14.3 Å². The minimum Gasteiger partial charge on any atom is -0.366 e. The molecule has 0 unspecified atom stereocenters. The Bertz CT molecular complexity index is 1650. The molecule has 206 valence electrons. The number of nitrogens with zero attached hydrogens (tertiary/aromatic N) is 6. The fraction of sp³-hybridized carbons (Fsp3) is 0.161. The van der Waals surface area contributed by atoms with Gasteiger partial charge in [-0.2, -0.15) is 0 Å². The van der Waals surface area contributed by atoms with E-state index < -0.39 is 0 Å². The van der Waals surface area contributed by atoms with Crippen molar-refractivity contribution in [1.29, 1.82) is 0 Å². The largest absolute Gasteiger partial charge is 0.366 e. The molecule has 5 aromatic rings. The maximum Gasteiger partial charge on any atom is 0.253 e. The van der Waals surface area contributed by atoms with E-state index in [-0.39, 0.29) is 17.5 Å². The Morgan fingerprint density at radius 1 is 0.756 bits per heavy atom. The number of aromatic nitrogens is 4. The van der Waals surface area contributed by atoms with Gasteiger partial charge in [-0.15, -0.1) is 10.2 Å². The van der Waals surface area contributed by atoms with Gasteiger partial charge in [-0.25, -0.2) is 8.78 Å². The van der Waals surface area contributed by atoms with Crippen molar-refractivity contribution < 1.29 is 13.6 Å². The molecule has 1 fully saturated rings. The number of pyridine rings is 1. The van der Waals surface area contributed by atoms with Crippen LogP contribution in [0.5, 0.6) is 0 Å². The lowest BCUT2D eigenvalue weighted by Gasteiger charge is -2.36. The molecule has 2 aromatic heterocycles. The van der Waals surface area contributed by atoms with Crippen molar-refractivity contribution in [2.45, 2.75) is 10.9 Å². The van der Waals surface area contributed by atoms with Gasteiger partial charge in [0.15, 0.2) is 11.0 Å². The molecule has 0 bridgehead atoms. The predicted octanol–water partition coefficient (Wildman–Crippen LogP) is 5.86. The van der Waals surface area contributed by atoms with Gasteiger partial charge in [0.25, 0.3) is 5.91 Å². The van der Waals surface area contributed by atoms with Crippen LogP contribution in [0.2, 0.25) is 0 Å². The number of benzene rings is 3. The van der Waals surface area contributed by atoms with Gasteiger partial charge in [0, 0.05) is 55.5 Å². The van der Waals surface area contributed by atoms with E-state index in [1.54, 1.807) is 52.2 Å². The van der Waals surface area contributed by atoms with E-state index in [1.165, 1.54) is 23.9 Å². The Hall–Kier alpha value is -4.57. The van der Waals surface area contributed by atoms with Crippen molar-refractivity contribution in [3.05, 3.63) is 120 Å². The highest BCUT2D eigenvalue weighted by atomic mass is 32.2. The predicted molar refractivity (Wildman–Crippen MR) is 155 cm³/mol. The number of anilines is 1. The molecule has 3 aromatic carbocycles. The van der Waals surface area contributed by atoms with E-state index in [4.69, 9.17) is 0 Å². The zero-order valence-electron chi connectivity index (χ0n) is 22.0. The Kier molecular flexibility index (Phi) is 7.73. The molecule has 1 aliphatic heterocycles. The SMILES string of the molecule is O=C(c1ccc(CSc2nnc(-c3ccncc3)n2-c2ccccc2F)cc1)N1CCN(c2ccccc2F)CC1. The maximum absolute atomic E-state index is 14.8. The molecule has 0 aliphatic carbocycles. The maximum atomic E-state index is 14.8. The van der Waals surface area contributed by atoms with E-state index in [0.717, 1.165) is 11.1 Å². The minimum atomic E-state index is -0.373. The molecule has 0 saturated carbocycles. The van der Waals surface area contributed by atoms with E-state index in [1.807, 2.05) is 47.4 Å². The van der Waals surface area contributed by atoms with Gasteiger partial charge >= 0.3 is 0 Å². The number of amides is 1. The van der Waals surface area contributed by atoms with Crippen LogP contribution in [0.4, 0.5) is 14.5 Å². The summed E-state index contributed by atoms with van der Waals surface area (Å²) in [6.45, 7) is 2.20. The lowest BCUT2D eigenvalue weighted by atomic mass is 10.1. The smallest absolute Gasteiger partial charge is 0.253 e. The summed E-state index contributed by atoms with van der Waals surface area (Å²) in [5.74, 6) is 0.414. The first-order valence-corrected chi connectivity index (χ1v) is 14.2. The first-order valence-electron chi connectivity index (χ1n) is 13.2. The minimum absolute atomic E-state index is 0.0429. The average Bonchev–Trinajstić information content (AvgIpc) is 3.45. The standard InChI is InChI=1S/C31H26F2N6OS/c32-25-5-1-3-7-27(25)37-17-19-38(20-18-37)30(40)24-11-9-22(10-12-24)21-41-31-36-35-29(23-13-15-34-16-14-23)39(31)28-8-4-2-6-26(28)33/h1-16H,17-21H2. The molecule has 1 aliphatic rings. The summed E-state index contributed by atoms with van der Waals surface area (Å²) in [6.07, 6.45) is 3.32. The van der Waals surface area contributed by atoms with Gasteiger partial charge in [0.2, 0.25) is 0 Å². The highest BCUT2D eigenvalue weighted by Gasteiger charge is 2.24. The summed E-state index contributed by atoms with van der Waals surface area (Å²) < 4.78 is 30.7. The molecule has 7 nitrogen and oxygen atoms in total. The number of hydrogen-bond donors (Lipinski definition) is 0. The van der Waals surface area contributed by atoms with Crippen LogP contribution in [0.25, 0.3) is 17.1 Å². The van der Waals surface area contributed by atoms with Crippen LogP contribution in [-0.4, -0.2) is 56.7 Å². The Balaban J connectivity index is 1.13. The highest BCUT2D eigenvalue weighted by molar-refractivity contribution is 7.98. The molecule has 0 N–H and O–H groups in total. The van der Waals surface area contributed by atoms with Crippen LogP contribution in [0.1, 0.15) is 15.9 Å². The number of carbonyl (C=O) groups excluding carboxylic acids is 1. The quantitative estimate of drug-likeness (QED) is 0.229. The number of para-hydroxylation sites is 2. The van der Waals surface area contributed by atoms with Gasteiger partial charge in [-0.05, 0) is 54.1 Å². The van der Waals surface area contributed by atoms with Crippen molar-refractivity contribution in [1.82, 2.24) is 24.6 Å².